The number of aliphatic carboxylic acids is 1. The summed E-state index contributed by atoms with van der Waals surface area (Å²) in [7, 11) is 1.63. The van der Waals surface area contributed by atoms with E-state index in [0.29, 0.717) is 18.7 Å². The molecular weight excluding hydrogens is 344 g/mol. The molecule has 0 aliphatic carbocycles. The number of nitrogens with zero attached hydrogens (tertiary/aromatic N) is 1. The van der Waals surface area contributed by atoms with Gasteiger partial charge in [-0.1, -0.05) is 37.3 Å². The molecule has 2 atom stereocenters. The average Bonchev–Trinajstić information content (AvgIpc) is 2.67. The molecule has 1 fully saturated rings. The number of nitrogens with one attached hydrogen (secondary N) is 1. The molecule has 6 heteroatoms. The number of rotatable bonds is 4. The molecule has 1 aliphatic rings. The van der Waals surface area contributed by atoms with Crippen LogP contribution in [0.2, 0.25) is 0 Å². The van der Waals surface area contributed by atoms with Crippen LogP contribution in [0.3, 0.4) is 0 Å². The maximum atomic E-state index is 12.6. The van der Waals surface area contributed by atoms with E-state index in [-0.39, 0.29) is 18.5 Å². The van der Waals surface area contributed by atoms with Gasteiger partial charge in [-0.15, -0.1) is 0 Å². The molecule has 27 heavy (non-hydrogen) atoms. The molecule has 1 heterocycles. The zero-order chi connectivity index (χ0) is 19.4. The number of piperidine rings is 1. The first-order valence-corrected chi connectivity index (χ1v) is 9.00. The number of benzene rings is 2. The van der Waals surface area contributed by atoms with Crippen molar-refractivity contribution in [1.29, 1.82) is 0 Å². The number of anilines is 1. The van der Waals surface area contributed by atoms with Crippen molar-refractivity contribution in [3.63, 3.8) is 0 Å². The highest BCUT2D eigenvalue weighted by Gasteiger charge is 2.31. The SMILES string of the molecule is COc1ccccc1-c1cccc(NC(=O)N2CC(C)CC(C(=O)O)C2)c1. The number of amides is 2. The smallest absolute Gasteiger partial charge is 0.321 e. The van der Waals surface area contributed by atoms with Crippen molar-refractivity contribution in [3.8, 4) is 16.9 Å². The van der Waals surface area contributed by atoms with Gasteiger partial charge in [0.2, 0.25) is 0 Å². The zero-order valence-electron chi connectivity index (χ0n) is 15.5. The number of para-hydroxylation sites is 1. The van der Waals surface area contributed by atoms with Gasteiger partial charge in [0, 0.05) is 24.3 Å². The van der Waals surface area contributed by atoms with Gasteiger partial charge in [0.25, 0.3) is 0 Å². The fourth-order valence-electron chi connectivity index (χ4n) is 3.55. The largest absolute Gasteiger partial charge is 0.496 e. The summed E-state index contributed by atoms with van der Waals surface area (Å²) in [6.45, 7) is 2.76. The van der Waals surface area contributed by atoms with E-state index in [0.717, 1.165) is 16.9 Å². The third kappa shape index (κ3) is 4.39. The molecule has 1 aliphatic heterocycles. The van der Waals surface area contributed by atoms with E-state index < -0.39 is 11.9 Å². The van der Waals surface area contributed by atoms with Crippen molar-refractivity contribution in [2.24, 2.45) is 11.8 Å². The molecule has 2 aromatic carbocycles. The highest BCUT2D eigenvalue weighted by molar-refractivity contribution is 5.91. The minimum Gasteiger partial charge on any atom is -0.496 e. The number of carboxylic acid groups (broad SMARTS) is 1. The Morgan fingerprint density at radius 2 is 1.93 bits per heavy atom. The molecule has 0 bridgehead atoms. The number of carboxylic acids is 1. The minimum absolute atomic E-state index is 0.158. The van der Waals surface area contributed by atoms with Gasteiger partial charge in [-0.05, 0) is 36.1 Å². The number of urea groups is 1. The van der Waals surface area contributed by atoms with E-state index in [1.165, 1.54) is 0 Å². The average molecular weight is 368 g/mol. The van der Waals surface area contributed by atoms with Crippen molar-refractivity contribution in [3.05, 3.63) is 48.5 Å². The number of hydrogen-bond acceptors (Lipinski definition) is 3. The zero-order valence-corrected chi connectivity index (χ0v) is 15.5. The monoisotopic (exact) mass is 368 g/mol. The third-order valence-electron chi connectivity index (χ3n) is 4.83. The van der Waals surface area contributed by atoms with Crippen molar-refractivity contribution in [2.75, 3.05) is 25.5 Å². The molecule has 6 nitrogen and oxygen atoms in total. The van der Waals surface area contributed by atoms with E-state index in [1.54, 1.807) is 12.0 Å². The first-order valence-electron chi connectivity index (χ1n) is 9.00. The molecule has 3 rings (SSSR count). The van der Waals surface area contributed by atoms with Crippen molar-refractivity contribution in [1.82, 2.24) is 4.90 Å². The van der Waals surface area contributed by atoms with Crippen LogP contribution in [0.25, 0.3) is 11.1 Å². The van der Waals surface area contributed by atoms with Crippen LogP contribution in [0.5, 0.6) is 5.75 Å². The van der Waals surface area contributed by atoms with Crippen LogP contribution in [-0.2, 0) is 4.79 Å². The normalized spacial score (nSPS) is 19.4. The Morgan fingerprint density at radius 1 is 1.15 bits per heavy atom. The molecule has 2 unspecified atom stereocenters. The Kier molecular flexibility index (Phi) is 5.64. The summed E-state index contributed by atoms with van der Waals surface area (Å²) in [6, 6.07) is 15.0. The highest BCUT2D eigenvalue weighted by atomic mass is 16.5. The van der Waals surface area contributed by atoms with E-state index in [2.05, 4.69) is 5.32 Å². The van der Waals surface area contributed by atoms with Gasteiger partial charge in [0.15, 0.2) is 0 Å². The predicted molar refractivity (Wildman–Crippen MR) is 104 cm³/mol. The molecule has 0 spiro atoms. The van der Waals surface area contributed by atoms with Crippen LogP contribution in [0.15, 0.2) is 48.5 Å². The summed E-state index contributed by atoms with van der Waals surface area (Å²) >= 11 is 0. The van der Waals surface area contributed by atoms with Gasteiger partial charge in [0.05, 0.1) is 13.0 Å². The summed E-state index contributed by atoms with van der Waals surface area (Å²) in [5.74, 6) is -0.447. The van der Waals surface area contributed by atoms with Crippen LogP contribution in [0.1, 0.15) is 13.3 Å². The van der Waals surface area contributed by atoms with Crippen LogP contribution >= 0.6 is 0 Å². The summed E-state index contributed by atoms with van der Waals surface area (Å²) in [4.78, 5) is 25.6. The molecule has 0 aromatic heterocycles. The number of hydrogen-bond donors (Lipinski definition) is 2. The van der Waals surface area contributed by atoms with Gasteiger partial charge in [0.1, 0.15) is 5.75 Å². The summed E-state index contributed by atoms with van der Waals surface area (Å²) < 4.78 is 5.41. The maximum absolute atomic E-state index is 12.6. The first kappa shape index (κ1) is 18.8. The van der Waals surface area contributed by atoms with E-state index in [9.17, 15) is 14.7 Å². The molecule has 2 amide bonds. The maximum Gasteiger partial charge on any atom is 0.321 e. The Morgan fingerprint density at radius 3 is 2.67 bits per heavy atom. The summed E-state index contributed by atoms with van der Waals surface area (Å²) in [6.07, 6.45) is 0.600. The second kappa shape index (κ2) is 8.12. The number of ether oxygens (including phenoxy) is 1. The van der Waals surface area contributed by atoms with Gasteiger partial charge in [-0.3, -0.25) is 4.79 Å². The molecular formula is C21H24N2O4. The molecule has 1 saturated heterocycles. The van der Waals surface area contributed by atoms with E-state index in [1.807, 2.05) is 55.5 Å². The Hall–Kier alpha value is -3.02. The highest BCUT2D eigenvalue weighted by Crippen LogP contribution is 2.31. The number of carbonyl (C=O) groups excluding carboxylic acids is 1. The van der Waals surface area contributed by atoms with Crippen LogP contribution in [0.4, 0.5) is 10.5 Å². The first-order chi connectivity index (χ1) is 13.0. The molecule has 2 N–H and O–H groups in total. The Labute approximate surface area is 158 Å². The van der Waals surface area contributed by atoms with Gasteiger partial charge >= 0.3 is 12.0 Å². The van der Waals surface area contributed by atoms with Crippen molar-refractivity contribution in [2.45, 2.75) is 13.3 Å². The third-order valence-corrected chi connectivity index (χ3v) is 4.83. The lowest BCUT2D eigenvalue weighted by molar-refractivity contribution is -0.143. The van der Waals surface area contributed by atoms with Gasteiger partial charge in [-0.2, -0.15) is 0 Å². The quantitative estimate of drug-likeness (QED) is 0.857. The second-order valence-corrected chi connectivity index (χ2v) is 6.99. The summed E-state index contributed by atoms with van der Waals surface area (Å²) in [5, 5.41) is 12.2. The van der Waals surface area contributed by atoms with Crippen LogP contribution < -0.4 is 10.1 Å². The number of likely N-dealkylation sites (tertiary alicyclic amines) is 1. The fourth-order valence-corrected chi connectivity index (χ4v) is 3.55. The minimum atomic E-state index is -0.850. The molecule has 2 aromatic rings. The lowest BCUT2D eigenvalue weighted by Gasteiger charge is -2.34. The van der Waals surface area contributed by atoms with Crippen LogP contribution in [-0.4, -0.2) is 42.2 Å². The topological polar surface area (TPSA) is 78.9 Å². The lowest BCUT2D eigenvalue weighted by Crippen LogP contribution is -2.47. The summed E-state index contributed by atoms with van der Waals surface area (Å²) in [5.41, 5.74) is 2.53. The standard InChI is InChI=1S/C21H24N2O4/c1-14-10-16(20(24)25)13-23(12-14)21(26)22-17-7-5-6-15(11-17)18-8-3-4-9-19(18)27-2/h3-9,11,14,16H,10,12-13H2,1-2H3,(H,22,26)(H,24,25). The van der Waals surface area contributed by atoms with E-state index >= 15 is 0 Å². The number of carbonyl (C=O) groups is 2. The molecule has 0 saturated carbocycles. The van der Waals surface area contributed by atoms with Crippen molar-refractivity contribution < 1.29 is 19.4 Å². The van der Waals surface area contributed by atoms with Gasteiger partial charge in [-0.25, -0.2) is 4.79 Å². The Balaban J connectivity index is 1.76. The number of methoxy groups -OCH3 is 1. The second-order valence-electron chi connectivity index (χ2n) is 6.99. The van der Waals surface area contributed by atoms with Crippen molar-refractivity contribution >= 4 is 17.7 Å². The van der Waals surface area contributed by atoms with Gasteiger partial charge < -0.3 is 20.1 Å². The van der Waals surface area contributed by atoms with Crippen LogP contribution in [0, 0.1) is 11.8 Å². The Bertz CT molecular complexity index is 836. The lowest BCUT2D eigenvalue weighted by atomic mass is 9.91. The predicted octanol–water partition coefficient (Wildman–Crippen LogP) is 3.94. The molecule has 142 valence electrons. The van der Waals surface area contributed by atoms with E-state index in [4.69, 9.17) is 4.74 Å². The fraction of sp³-hybridized carbons (Fsp3) is 0.333. The molecule has 0 radical (unpaired) electrons.